The zero-order chi connectivity index (χ0) is 14.7. The molecule has 1 aliphatic heterocycles. The Bertz CT molecular complexity index is 664. The highest BCUT2D eigenvalue weighted by molar-refractivity contribution is 5.86. The number of anilines is 1. The Morgan fingerprint density at radius 2 is 2.14 bits per heavy atom. The molecule has 0 radical (unpaired) electrons. The third-order valence-corrected chi connectivity index (χ3v) is 3.76. The van der Waals surface area contributed by atoms with E-state index in [-0.39, 0.29) is 5.69 Å². The van der Waals surface area contributed by atoms with Gasteiger partial charge in [-0.15, -0.1) is 0 Å². The van der Waals surface area contributed by atoms with Crippen molar-refractivity contribution in [2.24, 2.45) is 0 Å². The first-order chi connectivity index (χ1) is 10.3. The highest BCUT2D eigenvalue weighted by Gasteiger charge is 2.20. The van der Waals surface area contributed by atoms with Crippen LogP contribution in [0.15, 0.2) is 23.1 Å². The van der Waals surface area contributed by atoms with Gasteiger partial charge in [-0.1, -0.05) is 0 Å². The molecule has 21 heavy (non-hydrogen) atoms. The third kappa shape index (κ3) is 3.03. The number of methoxy groups -OCH3 is 1. The second-order valence-corrected chi connectivity index (χ2v) is 5.09. The number of piperazine rings is 1. The number of pyridine rings is 1. The van der Waals surface area contributed by atoms with Crippen LogP contribution in [0.1, 0.15) is 0 Å². The number of fused-ring (bicyclic) bond motifs is 1. The van der Waals surface area contributed by atoms with E-state index in [1.165, 1.54) is 0 Å². The number of nitrogens with one attached hydrogen (secondary N) is 1. The molecule has 0 aliphatic carbocycles. The molecule has 0 unspecified atom stereocenters. The molecule has 0 bridgehead atoms. The van der Waals surface area contributed by atoms with Gasteiger partial charge in [0.05, 0.1) is 12.0 Å². The maximum Gasteiger partial charge on any atom is 0.348 e. The van der Waals surface area contributed by atoms with Crippen molar-refractivity contribution in [3.8, 4) is 0 Å². The minimum Gasteiger partial charge on any atom is -0.383 e. The van der Waals surface area contributed by atoms with Crippen LogP contribution in [0.3, 0.4) is 0 Å². The molecule has 3 heterocycles. The van der Waals surface area contributed by atoms with Gasteiger partial charge in [-0.2, -0.15) is 4.98 Å². The number of rotatable bonds is 4. The van der Waals surface area contributed by atoms with Gasteiger partial charge in [-0.3, -0.25) is 9.88 Å². The lowest BCUT2D eigenvalue weighted by atomic mass is 10.2. The molecule has 0 atom stereocenters. The van der Waals surface area contributed by atoms with Crippen LogP contribution in [0.5, 0.6) is 0 Å². The molecule has 0 saturated carbocycles. The predicted molar refractivity (Wildman–Crippen MR) is 80.7 cm³/mol. The molecule has 1 N–H and O–H groups in total. The summed E-state index contributed by atoms with van der Waals surface area (Å²) in [4.78, 5) is 27.2. The number of hydrogen-bond donors (Lipinski definition) is 1. The predicted octanol–water partition coefficient (Wildman–Crippen LogP) is 0.0865. The molecule has 112 valence electrons. The summed E-state index contributed by atoms with van der Waals surface area (Å²) < 4.78 is 5.11. The molecule has 1 aliphatic rings. The lowest BCUT2D eigenvalue weighted by Crippen LogP contribution is -2.48. The largest absolute Gasteiger partial charge is 0.383 e. The third-order valence-electron chi connectivity index (χ3n) is 3.76. The number of ether oxygens (including phenoxy) is 1. The Kier molecular flexibility index (Phi) is 4.12. The van der Waals surface area contributed by atoms with Gasteiger partial charge in [-0.25, -0.2) is 9.78 Å². The maximum atomic E-state index is 11.7. The Morgan fingerprint density at radius 3 is 2.90 bits per heavy atom. The van der Waals surface area contributed by atoms with E-state index in [9.17, 15) is 4.79 Å². The van der Waals surface area contributed by atoms with Crippen molar-refractivity contribution < 1.29 is 4.74 Å². The zero-order valence-electron chi connectivity index (χ0n) is 12.1. The van der Waals surface area contributed by atoms with Gasteiger partial charge in [0, 0.05) is 46.0 Å². The summed E-state index contributed by atoms with van der Waals surface area (Å²) in [6, 6.07) is 3.80. The number of H-pyrrole nitrogens is 1. The molecular formula is C14H19N5O2. The lowest BCUT2D eigenvalue weighted by molar-refractivity contribution is 0.144. The van der Waals surface area contributed by atoms with Crippen molar-refractivity contribution in [2.75, 3.05) is 51.3 Å². The summed E-state index contributed by atoms with van der Waals surface area (Å²) in [5.41, 5.74) is 0.243. The van der Waals surface area contributed by atoms with Gasteiger partial charge < -0.3 is 9.64 Å². The van der Waals surface area contributed by atoms with Gasteiger partial charge in [-0.05, 0) is 12.1 Å². The number of hydrogen-bond acceptors (Lipinski definition) is 6. The van der Waals surface area contributed by atoms with E-state index >= 15 is 0 Å². The van der Waals surface area contributed by atoms with Crippen LogP contribution in [-0.2, 0) is 4.74 Å². The molecule has 7 nitrogen and oxygen atoms in total. The summed E-state index contributed by atoms with van der Waals surface area (Å²) in [5, 5.41) is 0.891. The van der Waals surface area contributed by atoms with E-state index in [0.717, 1.165) is 50.5 Å². The number of nitrogens with zero attached hydrogens (tertiary/aromatic N) is 4. The molecule has 0 aromatic carbocycles. The molecule has 1 fully saturated rings. The second-order valence-electron chi connectivity index (χ2n) is 5.09. The Labute approximate surface area is 122 Å². The van der Waals surface area contributed by atoms with Crippen LogP contribution in [0.25, 0.3) is 11.0 Å². The molecule has 0 spiro atoms. The molecular weight excluding hydrogens is 270 g/mol. The molecule has 7 heteroatoms. The number of aromatic nitrogens is 3. The molecule has 2 aromatic heterocycles. The first-order valence-electron chi connectivity index (χ1n) is 7.09. The van der Waals surface area contributed by atoms with E-state index < -0.39 is 0 Å². The zero-order valence-corrected chi connectivity index (χ0v) is 12.1. The fraction of sp³-hybridized carbons (Fsp3) is 0.500. The summed E-state index contributed by atoms with van der Waals surface area (Å²) in [6.45, 7) is 5.28. The van der Waals surface area contributed by atoms with Gasteiger partial charge in [0.1, 0.15) is 11.5 Å². The first-order valence-corrected chi connectivity index (χ1v) is 7.09. The summed E-state index contributed by atoms with van der Waals surface area (Å²) >= 11 is 0. The van der Waals surface area contributed by atoms with Crippen molar-refractivity contribution in [1.82, 2.24) is 19.9 Å². The minimum atomic E-state index is -0.349. The number of aromatic amines is 1. The van der Waals surface area contributed by atoms with Gasteiger partial charge in [0.15, 0.2) is 0 Å². The summed E-state index contributed by atoms with van der Waals surface area (Å²) in [5.74, 6) is 0.730. The van der Waals surface area contributed by atoms with Crippen molar-refractivity contribution in [1.29, 1.82) is 0 Å². The topological polar surface area (TPSA) is 74.3 Å². The minimum absolute atomic E-state index is 0.349. The highest BCUT2D eigenvalue weighted by atomic mass is 16.5. The molecule has 0 amide bonds. The van der Waals surface area contributed by atoms with Crippen molar-refractivity contribution >= 4 is 16.9 Å². The summed E-state index contributed by atoms with van der Waals surface area (Å²) in [6.07, 6.45) is 1.67. The van der Waals surface area contributed by atoms with Crippen molar-refractivity contribution in [3.05, 3.63) is 28.8 Å². The highest BCUT2D eigenvalue weighted by Crippen LogP contribution is 2.21. The molecule has 2 aromatic rings. The fourth-order valence-electron chi connectivity index (χ4n) is 2.62. The van der Waals surface area contributed by atoms with E-state index in [4.69, 9.17) is 4.74 Å². The van der Waals surface area contributed by atoms with E-state index in [1.54, 1.807) is 13.3 Å². The molecule has 3 rings (SSSR count). The molecule has 1 saturated heterocycles. The average Bonchev–Trinajstić information content (AvgIpc) is 2.52. The van der Waals surface area contributed by atoms with Crippen LogP contribution in [0.4, 0.5) is 5.82 Å². The van der Waals surface area contributed by atoms with E-state index in [0.29, 0.717) is 5.65 Å². The van der Waals surface area contributed by atoms with Crippen LogP contribution in [0.2, 0.25) is 0 Å². The Balaban J connectivity index is 1.81. The van der Waals surface area contributed by atoms with Crippen LogP contribution >= 0.6 is 0 Å². The SMILES string of the molecule is COCCN1CCN(c2nc(=O)[nH]c3ncccc23)CC1. The van der Waals surface area contributed by atoms with Crippen molar-refractivity contribution in [2.45, 2.75) is 0 Å². The summed E-state index contributed by atoms with van der Waals surface area (Å²) in [7, 11) is 1.72. The van der Waals surface area contributed by atoms with Crippen LogP contribution in [-0.4, -0.2) is 66.3 Å². The second kappa shape index (κ2) is 6.19. The fourth-order valence-corrected chi connectivity index (χ4v) is 2.62. The van der Waals surface area contributed by atoms with Crippen LogP contribution in [0, 0.1) is 0 Å². The normalized spacial score (nSPS) is 16.5. The van der Waals surface area contributed by atoms with E-state index in [1.807, 2.05) is 12.1 Å². The van der Waals surface area contributed by atoms with Gasteiger partial charge in [0.25, 0.3) is 0 Å². The monoisotopic (exact) mass is 289 g/mol. The van der Waals surface area contributed by atoms with Gasteiger partial charge >= 0.3 is 5.69 Å². The first kappa shape index (κ1) is 14.0. The Morgan fingerprint density at radius 1 is 1.33 bits per heavy atom. The maximum absolute atomic E-state index is 11.7. The average molecular weight is 289 g/mol. The quantitative estimate of drug-likeness (QED) is 0.859. The lowest BCUT2D eigenvalue weighted by Gasteiger charge is -2.35. The van der Waals surface area contributed by atoms with Crippen LogP contribution < -0.4 is 10.6 Å². The van der Waals surface area contributed by atoms with Crippen molar-refractivity contribution in [3.63, 3.8) is 0 Å². The van der Waals surface area contributed by atoms with Gasteiger partial charge in [0.2, 0.25) is 0 Å². The smallest absolute Gasteiger partial charge is 0.348 e. The standard InChI is InChI=1S/C14H19N5O2/c1-21-10-9-18-5-7-19(8-6-18)13-11-3-2-4-15-12(11)16-14(20)17-13/h2-4H,5-10H2,1H3,(H,15,16,17,20). The Hall–Kier alpha value is -1.99. The van der Waals surface area contributed by atoms with E-state index in [2.05, 4.69) is 24.8 Å².